The van der Waals surface area contributed by atoms with Crippen molar-refractivity contribution < 1.29 is 28.3 Å². The van der Waals surface area contributed by atoms with Crippen LogP contribution in [0.3, 0.4) is 0 Å². The second-order valence-electron chi connectivity index (χ2n) is 13.3. The third kappa shape index (κ3) is 6.48. The zero-order valence-electron chi connectivity index (χ0n) is 27.8. The van der Waals surface area contributed by atoms with Crippen LogP contribution in [0.5, 0.6) is 5.75 Å². The molecule has 244 valence electrons. The van der Waals surface area contributed by atoms with Gasteiger partial charge in [-0.15, -0.1) is 0 Å². The van der Waals surface area contributed by atoms with Crippen molar-refractivity contribution in [2.24, 2.45) is 0 Å². The highest BCUT2D eigenvalue weighted by molar-refractivity contribution is 6.02. The molecule has 6 rings (SSSR count). The molecule has 0 radical (unpaired) electrons. The summed E-state index contributed by atoms with van der Waals surface area (Å²) in [6.45, 7) is 6.71. The van der Waals surface area contributed by atoms with E-state index in [9.17, 15) is 14.4 Å². The smallest absolute Gasteiger partial charge is 0.411 e. The lowest BCUT2D eigenvalue weighted by Gasteiger charge is -2.40. The van der Waals surface area contributed by atoms with Gasteiger partial charge < -0.3 is 23.7 Å². The summed E-state index contributed by atoms with van der Waals surface area (Å²) in [7, 11) is 5.01. The maximum atomic E-state index is 14.3. The van der Waals surface area contributed by atoms with E-state index < -0.39 is 17.7 Å². The molecule has 9 nitrogen and oxygen atoms in total. The highest BCUT2D eigenvalue weighted by Gasteiger charge is 2.39. The van der Waals surface area contributed by atoms with E-state index in [4.69, 9.17) is 13.9 Å². The van der Waals surface area contributed by atoms with Gasteiger partial charge in [0.15, 0.2) is 5.76 Å². The lowest BCUT2D eigenvalue weighted by atomic mass is 9.92. The van der Waals surface area contributed by atoms with Crippen LogP contribution in [0.2, 0.25) is 0 Å². The molecule has 0 spiro atoms. The first-order valence-electron chi connectivity index (χ1n) is 15.9. The Labute approximate surface area is 275 Å². The van der Waals surface area contributed by atoms with Gasteiger partial charge in [0.1, 0.15) is 23.0 Å². The zero-order chi connectivity index (χ0) is 33.5. The van der Waals surface area contributed by atoms with Crippen LogP contribution in [0.25, 0.3) is 27.7 Å². The SMILES string of the molecule is COc1ccccc1-c1cc(C2=CCCN(C(=O)C3Cc4ccccc4CN3C(=O)OC(C)(C)C)C2)cc2cc(C(=O)N(C)C)oc12. The Kier molecular flexibility index (Phi) is 8.57. The van der Waals surface area contributed by atoms with E-state index in [1.807, 2.05) is 86.3 Å². The molecule has 4 aromatic rings. The summed E-state index contributed by atoms with van der Waals surface area (Å²) < 4.78 is 17.6. The summed E-state index contributed by atoms with van der Waals surface area (Å²) in [5.74, 6) is 0.583. The van der Waals surface area contributed by atoms with Crippen molar-refractivity contribution in [3.8, 4) is 16.9 Å². The largest absolute Gasteiger partial charge is 0.496 e. The standard InChI is InChI=1S/C38H41N3O6/c1-38(2,3)47-37(44)41-23-26-13-8-7-12-24(26)20-31(41)35(42)40-17-11-14-25(22-40)27-18-28-21-33(36(43)39(4)5)46-34(28)30(19-27)29-15-9-10-16-32(29)45-6/h7-10,12-16,18-19,21,31H,11,17,20,22-23H2,1-6H3. The van der Waals surface area contributed by atoms with Crippen LogP contribution in [0.4, 0.5) is 4.79 Å². The van der Waals surface area contributed by atoms with Gasteiger partial charge in [-0.1, -0.05) is 48.5 Å². The molecule has 3 amide bonds. The third-order valence-electron chi connectivity index (χ3n) is 8.63. The molecular weight excluding hydrogens is 594 g/mol. The summed E-state index contributed by atoms with van der Waals surface area (Å²) in [4.78, 5) is 45.5. The summed E-state index contributed by atoms with van der Waals surface area (Å²) in [5.41, 5.74) is 5.49. The molecule has 2 aliphatic heterocycles. The molecule has 2 aliphatic rings. The lowest BCUT2D eigenvalue weighted by Crippen LogP contribution is -2.55. The van der Waals surface area contributed by atoms with Crippen molar-refractivity contribution in [3.05, 3.63) is 95.3 Å². The second-order valence-corrected chi connectivity index (χ2v) is 13.3. The number of para-hydroxylation sites is 1. The normalized spacial score (nSPS) is 16.4. The molecule has 9 heteroatoms. The summed E-state index contributed by atoms with van der Waals surface area (Å²) in [6.07, 6.45) is 2.75. The van der Waals surface area contributed by atoms with Gasteiger partial charge in [0.25, 0.3) is 5.91 Å². The number of rotatable bonds is 5. The number of methoxy groups -OCH3 is 1. The Morgan fingerprint density at radius 1 is 0.915 bits per heavy atom. The molecule has 1 atom stereocenters. The zero-order valence-corrected chi connectivity index (χ0v) is 27.8. The van der Waals surface area contributed by atoms with Crippen LogP contribution in [0.15, 0.2) is 77.2 Å². The van der Waals surface area contributed by atoms with Gasteiger partial charge in [-0.05, 0) is 73.7 Å². The van der Waals surface area contributed by atoms with E-state index in [0.29, 0.717) is 43.8 Å². The molecule has 0 fully saturated rings. The van der Waals surface area contributed by atoms with Gasteiger partial charge in [0, 0.05) is 50.1 Å². The maximum Gasteiger partial charge on any atom is 0.411 e. The van der Waals surface area contributed by atoms with Crippen molar-refractivity contribution in [2.45, 2.75) is 51.8 Å². The Hall–Kier alpha value is -5.05. The van der Waals surface area contributed by atoms with E-state index in [2.05, 4.69) is 6.08 Å². The molecule has 3 aromatic carbocycles. The van der Waals surface area contributed by atoms with E-state index in [1.54, 1.807) is 32.2 Å². The van der Waals surface area contributed by atoms with Crippen molar-refractivity contribution in [1.29, 1.82) is 0 Å². The van der Waals surface area contributed by atoms with Crippen LogP contribution < -0.4 is 4.74 Å². The Balaban J connectivity index is 1.35. The van der Waals surface area contributed by atoms with Crippen LogP contribution in [0.1, 0.15) is 54.4 Å². The predicted molar refractivity (Wildman–Crippen MR) is 181 cm³/mol. The van der Waals surface area contributed by atoms with Gasteiger partial charge in [-0.25, -0.2) is 4.79 Å². The molecule has 3 heterocycles. The number of nitrogens with zero attached hydrogens (tertiary/aromatic N) is 3. The average Bonchev–Trinajstić information content (AvgIpc) is 3.50. The molecule has 0 N–H and O–H groups in total. The van der Waals surface area contributed by atoms with Gasteiger partial charge in [-0.2, -0.15) is 0 Å². The summed E-state index contributed by atoms with van der Waals surface area (Å²) in [5, 5.41) is 0.776. The van der Waals surface area contributed by atoms with Gasteiger partial charge in [0.05, 0.1) is 13.7 Å². The van der Waals surface area contributed by atoms with Crippen LogP contribution in [-0.2, 0) is 22.5 Å². The Bertz CT molecular complexity index is 1880. The topological polar surface area (TPSA) is 92.5 Å². The maximum absolute atomic E-state index is 14.3. The quantitative estimate of drug-likeness (QED) is 0.240. The second kappa shape index (κ2) is 12.6. The highest BCUT2D eigenvalue weighted by atomic mass is 16.6. The number of fused-ring (bicyclic) bond motifs is 2. The lowest BCUT2D eigenvalue weighted by molar-refractivity contribution is -0.137. The molecule has 0 saturated carbocycles. The predicted octanol–water partition coefficient (Wildman–Crippen LogP) is 6.79. The van der Waals surface area contributed by atoms with E-state index in [-0.39, 0.29) is 17.6 Å². The molecular formula is C38H41N3O6. The fourth-order valence-electron chi connectivity index (χ4n) is 6.34. The van der Waals surface area contributed by atoms with Gasteiger partial charge >= 0.3 is 6.09 Å². The van der Waals surface area contributed by atoms with Crippen molar-refractivity contribution in [3.63, 3.8) is 0 Å². The van der Waals surface area contributed by atoms with E-state index >= 15 is 0 Å². The van der Waals surface area contributed by atoms with Crippen LogP contribution >= 0.6 is 0 Å². The molecule has 0 saturated heterocycles. The van der Waals surface area contributed by atoms with E-state index in [1.165, 1.54) is 4.90 Å². The van der Waals surface area contributed by atoms with E-state index in [0.717, 1.165) is 38.8 Å². The monoisotopic (exact) mass is 635 g/mol. The highest BCUT2D eigenvalue weighted by Crippen LogP contribution is 2.39. The number of carbonyl (C=O) groups excluding carboxylic acids is 3. The van der Waals surface area contributed by atoms with Crippen molar-refractivity contribution in [1.82, 2.24) is 14.7 Å². The van der Waals surface area contributed by atoms with Crippen molar-refractivity contribution >= 4 is 34.4 Å². The third-order valence-corrected chi connectivity index (χ3v) is 8.63. The molecule has 1 aromatic heterocycles. The summed E-state index contributed by atoms with van der Waals surface area (Å²) >= 11 is 0. The minimum Gasteiger partial charge on any atom is -0.496 e. The molecule has 1 unspecified atom stereocenters. The number of benzene rings is 3. The van der Waals surface area contributed by atoms with Gasteiger partial charge in [0.2, 0.25) is 5.91 Å². The fraction of sp³-hybridized carbons (Fsp3) is 0.342. The van der Waals surface area contributed by atoms with Crippen LogP contribution in [-0.4, -0.2) is 78.5 Å². The first kappa shape index (κ1) is 31.9. The fourth-order valence-corrected chi connectivity index (χ4v) is 6.34. The number of hydrogen-bond donors (Lipinski definition) is 0. The Morgan fingerprint density at radius 3 is 2.36 bits per heavy atom. The minimum absolute atomic E-state index is 0.107. The minimum atomic E-state index is -0.690. The first-order chi connectivity index (χ1) is 22.4. The number of furan rings is 1. The Morgan fingerprint density at radius 2 is 1.64 bits per heavy atom. The number of hydrogen-bond acceptors (Lipinski definition) is 6. The number of amides is 3. The number of ether oxygens (including phenoxy) is 2. The van der Waals surface area contributed by atoms with Crippen molar-refractivity contribution in [2.75, 3.05) is 34.3 Å². The van der Waals surface area contributed by atoms with Crippen LogP contribution in [0, 0.1) is 0 Å². The summed E-state index contributed by atoms with van der Waals surface area (Å²) in [6, 6.07) is 20.8. The molecule has 47 heavy (non-hydrogen) atoms. The molecule has 0 bridgehead atoms. The number of carbonyl (C=O) groups is 3. The molecule has 0 aliphatic carbocycles. The first-order valence-corrected chi connectivity index (χ1v) is 15.9. The average molecular weight is 636 g/mol. The van der Waals surface area contributed by atoms with Gasteiger partial charge in [-0.3, -0.25) is 14.5 Å².